The molecule has 0 aliphatic heterocycles. The van der Waals surface area contributed by atoms with Crippen LogP contribution in [0.2, 0.25) is 5.15 Å². The van der Waals surface area contributed by atoms with Crippen LogP contribution in [-0.2, 0) is 12.8 Å². The molecule has 0 atom stereocenters. The van der Waals surface area contributed by atoms with Gasteiger partial charge in [0.15, 0.2) is 10.8 Å². The lowest BCUT2D eigenvalue weighted by Gasteiger charge is -2.10. The van der Waals surface area contributed by atoms with Gasteiger partial charge in [-0.05, 0) is 6.07 Å². The molecule has 3 rings (SSSR count). The molecule has 10 heteroatoms. The van der Waals surface area contributed by atoms with Gasteiger partial charge in [0.05, 0.1) is 17.6 Å². The summed E-state index contributed by atoms with van der Waals surface area (Å²) in [4.78, 5) is 3.86. The molecular weight excluding hydrogens is 316 g/mol. The Hall–Kier alpha value is -2.00. The fourth-order valence-electron chi connectivity index (χ4n) is 2.04. The minimum Gasteiger partial charge on any atom is -0.392 e. The standard InChI is InChI=1S/C11H5ClF4N4O/c12-8-9-18-19-10(11(14,15)16)20(9)6-2-5(13)1-4(3-21)7(6)17-8/h1-2,21H,3H2. The van der Waals surface area contributed by atoms with Crippen LogP contribution in [0.5, 0.6) is 0 Å². The molecule has 0 aliphatic rings. The first-order chi connectivity index (χ1) is 9.82. The summed E-state index contributed by atoms with van der Waals surface area (Å²) in [5.74, 6) is -2.17. The van der Waals surface area contributed by atoms with Crippen LogP contribution in [-0.4, -0.2) is 24.7 Å². The molecule has 0 radical (unpaired) electrons. The summed E-state index contributed by atoms with van der Waals surface area (Å²) in [6.07, 6.45) is -4.80. The van der Waals surface area contributed by atoms with Crippen molar-refractivity contribution in [2.24, 2.45) is 0 Å². The first-order valence-corrected chi connectivity index (χ1v) is 5.91. The summed E-state index contributed by atoms with van der Waals surface area (Å²) in [6, 6.07) is 1.82. The van der Waals surface area contributed by atoms with Crippen molar-refractivity contribution in [3.05, 3.63) is 34.5 Å². The lowest BCUT2D eigenvalue weighted by molar-refractivity contribution is -0.145. The number of aliphatic hydroxyl groups is 1. The van der Waals surface area contributed by atoms with Gasteiger partial charge in [-0.15, -0.1) is 10.2 Å². The normalized spacial score (nSPS) is 12.5. The first-order valence-electron chi connectivity index (χ1n) is 5.53. The van der Waals surface area contributed by atoms with Crippen molar-refractivity contribution < 1.29 is 22.7 Å². The average Bonchev–Trinajstić information content (AvgIpc) is 2.84. The molecule has 0 fully saturated rings. The van der Waals surface area contributed by atoms with E-state index in [1.165, 1.54) is 0 Å². The predicted molar refractivity (Wildman–Crippen MR) is 64.2 cm³/mol. The van der Waals surface area contributed by atoms with Gasteiger partial charge in [-0.2, -0.15) is 13.2 Å². The fourth-order valence-corrected chi connectivity index (χ4v) is 2.24. The fraction of sp³-hybridized carbons (Fsp3) is 0.182. The van der Waals surface area contributed by atoms with E-state index in [0.717, 1.165) is 12.1 Å². The maximum Gasteiger partial charge on any atom is 0.452 e. The zero-order chi connectivity index (χ0) is 15.4. The number of nitrogens with zero attached hydrogens (tertiary/aromatic N) is 4. The van der Waals surface area contributed by atoms with Crippen LogP contribution in [0.3, 0.4) is 0 Å². The third kappa shape index (κ3) is 2.09. The number of aromatic nitrogens is 4. The number of hydrogen-bond donors (Lipinski definition) is 1. The molecule has 0 bridgehead atoms. The summed E-state index contributed by atoms with van der Waals surface area (Å²) < 4.78 is 53.0. The Morgan fingerprint density at radius 1 is 1.24 bits per heavy atom. The lowest BCUT2D eigenvalue weighted by Crippen LogP contribution is -2.12. The van der Waals surface area contributed by atoms with Crippen molar-refractivity contribution in [2.45, 2.75) is 12.8 Å². The quantitative estimate of drug-likeness (QED) is 0.700. The van der Waals surface area contributed by atoms with Gasteiger partial charge in [0.2, 0.25) is 5.82 Å². The van der Waals surface area contributed by atoms with Crippen molar-refractivity contribution in [3.8, 4) is 0 Å². The molecule has 0 unspecified atom stereocenters. The highest BCUT2D eigenvalue weighted by atomic mass is 35.5. The highest BCUT2D eigenvalue weighted by Gasteiger charge is 2.38. The lowest BCUT2D eigenvalue weighted by atomic mass is 10.1. The minimum atomic E-state index is -4.80. The number of alkyl halides is 3. The van der Waals surface area contributed by atoms with Gasteiger partial charge in [-0.1, -0.05) is 11.6 Å². The van der Waals surface area contributed by atoms with E-state index in [2.05, 4.69) is 15.2 Å². The molecule has 2 aromatic heterocycles. The van der Waals surface area contributed by atoms with Gasteiger partial charge in [-0.25, -0.2) is 9.37 Å². The van der Waals surface area contributed by atoms with Crippen molar-refractivity contribution in [1.82, 2.24) is 19.6 Å². The summed E-state index contributed by atoms with van der Waals surface area (Å²) in [5.41, 5.74) is -0.612. The van der Waals surface area contributed by atoms with Crippen molar-refractivity contribution in [1.29, 1.82) is 0 Å². The van der Waals surface area contributed by atoms with E-state index in [-0.39, 0.29) is 27.4 Å². The van der Waals surface area contributed by atoms with Crippen molar-refractivity contribution in [3.63, 3.8) is 0 Å². The Morgan fingerprint density at radius 2 is 1.95 bits per heavy atom. The van der Waals surface area contributed by atoms with E-state index in [1.807, 2.05) is 0 Å². The van der Waals surface area contributed by atoms with E-state index >= 15 is 0 Å². The maximum absolute atomic E-state index is 13.5. The molecule has 0 amide bonds. The van der Waals surface area contributed by atoms with Gasteiger partial charge >= 0.3 is 6.18 Å². The van der Waals surface area contributed by atoms with Crippen LogP contribution in [0.4, 0.5) is 17.6 Å². The summed E-state index contributed by atoms with van der Waals surface area (Å²) in [7, 11) is 0. The Balaban J connectivity index is 2.57. The molecular formula is C11H5ClF4N4O. The van der Waals surface area contributed by atoms with E-state index in [1.54, 1.807) is 0 Å². The maximum atomic E-state index is 13.5. The van der Waals surface area contributed by atoms with E-state index in [0.29, 0.717) is 4.40 Å². The van der Waals surface area contributed by atoms with Gasteiger partial charge in [0, 0.05) is 11.6 Å². The number of benzene rings is 1. The van der Waals surface area contributed by atoms with Crippen molar-refractivity contribution in [2.75, 3.05) is 0 Å². The second-order valence-electron chi connectivity index (χ2n) is 4.17. The molecule has 1 aromatic carbocycles. The Kier molecular flexibility index (Phi) is 2.99. The van der Waals surface area contributed by atoms with Crippen LogP contribution in [0.15, 0.2) is 12.1 Å². The highest BCUT2D eigenvalue weighted by Crippen LogP contribution is 2.32. The van der Waals surface area contributed by atoms with E-state index in [4.69, 9.17) is 11.6 Å². The zero-order valence-electron chi connectivity index (χ0n) is 9.99. The Morgan fingerprint density at radius 3 is 2.57 bits per heavy atom. The third-order valence-electron chi connectivity index (χ3n) is 2.86. The van der Waals surface area contributed by atoms with Crippen molar-refractivity contribution >= 4 is 28.3 Å². The molecule has 0 aliphatic carbocycles. The molecule has 0 spiro atoms. The number of halogens is 5. The van der Waals surface area contributed by atoms with Crippen LogP contribution >= 0.6 is 11.6 Å². The average molecular weight is 321 g/mol. The van der Waals surface area contributed by atoms with Crippen LogP contribution < -0.4 is 0 Å². The van der Waals surface area contributed by atoms with Crippen LogP contribution in [0.1, 0.15) is 11.4 Å². The number of rotatable bonds is 1. The summed E-state index contributed by atoms with van der Waals surface area (Å²) in [6.45, 7) is -0.605. The summed E-state index contributed by atoms with van der Waals surface area (Å²) >= 11 is 5.79. The molecule has 21 heavy (non-hydrogen) atoms. The zero-order valence-corrected chi connectivity index (χ0v) is 10.7. The van der Waals surface area contributed by atoms with E-state index in [9.17, 15) is 22.7 Å². The number of hydrogen-bond acceptors (Lipinski definition) is 4. The number of fused-ring (bicyclic) bond motifs is 3. The molecule has 2 heterocycles. The molecule has 110 valence electrons. The molecule has 0 saturated carbocycles. The highest BCUT2D eigenvalue weighted by molar-refractivity contribution is 6.32. The number of aliphatic hydroxyl groups excluding tert-OH is 1. The SMILES string of the molecule is OCc1cc(F)cc2c1nc(Cl)c1nnc(C(F)(F)F)n12. The van der Waals surface area contributed by atoms with Gasteiger partial charge in [0.1, 0.15) is 5.82 Å². The van der Waals surface area contributed by atoms with Crippen LogP contribution in [0, 0.1) is 5.82 Å². The monoisotopic (exact) mass is 320 g/mol. The van der Waals surface area contributed by atoms with E-state index < -0.39 is 24.4 Å². The molecule has 5 nitrogen and oxygen atoms in total. The first kappa shape index (κ1) is 14.0. The molecule has 0 saturated heterocycles. The molecule has 1 N–H and O–H groups in total. The Labute approximate surface area is 118 Å². The minimum absolute atomic E-state index is 0.00984. The second-order valence-corrected chi connectivity index (χ2v) is 4.53. The van der Waals surface area contributed by atoms with Gasteiger partial charge < -0.3 is 5.11 Å². The van der Waals surface area contributed by atoms with Gasteiger partial charge in [-0.3, -0.25) is 4.40 Å². The molecule has 3 aromatic rings. The Bertz CT molecular complexity index is 861. The predicted octanol–water partition coefficient (Wildman–Crippen LogP) is 2.58. The smallest absolute Gasteiger partial charge is 0.392 e. The second kappa shape index (κ2) is 4.50. The topological polar surface area (TPSA) is 63.3 Å². The third-order valence-corrected chi connectivity index (χ3v) is 3.11. The summed E-state index contributed by atoms with van der Waals surface area (Å²) in [5, 5.41) is 15.2. The van der Waals surface area contributed by atoms with Gasteiger partial charge in [0.25, 0.3) is 0 Å². The van der Waals surface area contributed by atoms with Crippen LogP contribution in [0.25, 0.3) is 16.7 Å². The largest absolute Gasteiger partial charge is 0.452 e.